The monoisotopic (exact) mass is 422 g/mol. The van der Waals surface area contributed by atoms with Gasteiger partial charge in [0.25, 0.3) is 0 Å². The lowest BCUT2D eigenvalue weighted by Gasteiger charge is -2.33. The van der Waals surface area contributed by atoms with Gasteiger partial charge in [-0.05, 0) is 41.3 Å². The van der Waals surface area contributed by atoms with Crippen LogP contribution in [0, 0.1) is 5.92 Å². The van der Waals surface area contributed by atoms with Crippen LogP contribution in [0.15, 0.2) is 77.7 Å². The van der Waals surface area contributed by atoms with E-state index in [1.807, 2.05) is 60.7 Å². The molecule has 3 aromatic rings. The van der Waals surface area contributed by atoms with E-state index in [0.29, 0.717) is 25.9 Å². The summed E-state index contributed by atoms with van der Waals surface area (Å²) in [5.41, 5.74) is 1.06. The fraction of sp³-hybridized carbons (Fsp3) is 0.292. The molecule has 156 valence electrons. The predicted octanol–water partition coefficient (Wildman–Crippen LogP) is 3.90. The van der Waals surface area contributed by atoms with Crippen LogP contribution in [0.2, 0.25) is 0 Å². The third-order valence-corrected chi connectivity index (χ3v) is 7.59. The Morgan fingerprint density at radius 3 is 2.47 bits per heavy atom. The number of amides is 1. The summed E-state index contributed by atoms with van der Waals surface area (Å²) in [5.74, 6) is -0.319. The molecule has 1 aliphatic rings. The molecule has 0 aromatic heterocycles. The van der Waals surface area contributed by atoms with Crippen molar-refractivity contribution >= 4 is 26.7 Å². The van der Waals surface area contributed by atoms with E-state index in [0.717, 1.165) is 16.3 Å². The molecule has 5 nitrogen and oxygen atoms in total. The van der Waals surface area contributed by atoms with Crippen molar-refractivity contribution in [1.82, 2.24) is 9.21 Å². The SMILES string of the molecule is CN(Cc1ccccc1)C(=O)[C@@H]1CCCN(S(=O)(=O)c2ccc3ccccc3c2)C1. The fourth-order valence-corrected chi connectivity index (χ4v) is 5.65. The van der Waals surface area contributed by atoms with Gasteiger partial charge < -0.3 is 4.90 Å². The first kappa shape index (κ1) is 20.6. The van der Waals surface area contributed by atoms with Crippen molar-refractivity contribution in [3.05, 3.63) is 78.4 Å². The number of carbonyl (C=O) groups excluding carboxylic acids is 1. The first-order valence-corrected chi connectivity index (χ1v) is 11.7. The molecule has 6 heteroatoms. The molecule has 0 radical (unpaired) electrons. The Balaban J connectivity index is 1.50. The molecule has 0 aliphatic carbocycles. The summed E-state index contributed by atoms with van der Waals surface area (Å²) in [6, 6.07) is 22.7. The highest BCUT2D eigenvalue weighted by atomic mass is 32.2. The first-order valence-electron chi connectivity index (χ1n) is 10.2. The minimum atomic E-state index is -3.64. The van der Waals surface area contributed by atoms with Gasteiger partial charge in [-0.25, -0.2) is 8.42 Å². The van der Waals surface area contributed by atoms with Crippen molar-refractivity contribution in [2.75, 3.05) is 20.1 Å². The molecule has 1 amide bonds. The Morgan fingerprint density at radius 1 is 1.00 bits per heavy atom. The topological polar surface area (TPSA) is 57.7 Å². The second kappa shape index (κ2) is 8.58. The zero-order chi connectivity index (χ0) is 21.1. The Labute approximate surface area is 178 Å². The predicted molar refractivity (Wildman–Crippen MR) is 118 cm³/mol. The van der Waals surface area contributed by atoms with E-state index < -0.39 is 10.0 Å². The Kier molecular flexibility index (Phi) is 5.88. The maximum Gasteiger partial charge on any atom is 0.243 e. The van der Waals surface area contributed by atoms with E-state index in [9.17, 15) is 13.2 Å². The van der Waals surface area contributed by atoms with Crippen LogP contribution in [0.5, 0.6) is 0 Å². The quantitative estimate of drug-likeness (QED) is 0.627. The standard InChI is InChI=1S/C24H26N2O3S/c1-25(17-19-8-3-2-4-9-19)24(27)22-12-7-15-26(18-22)30(28,29)23-14-13-20-10-5-6-11-21(20)16-23/h2-6,8-11,13-14,16,22H,7,12,15,17-18H2,1H3/t22-/m1/s1. The van der Waals surface area contributed by atoms with Gasteiger partial charge in [-0.15, -0.1) is 0 Å². The number of nitrogens with zero attached hydrogens (tertiary/aromatic N) is 2. The Morgan fingerprint density at radius 2 is 1.70 bits per heavy atom. The minimum Gasteiger partial charge on any atom is -0.341 e. The van der Waals surface area contributed by atoms with E-state index in [-0.39, 0.29) is 23.3 Å². The lowest BCUT2D eigenvalue weighted by Crippen LogP contribution is -2.45. The van der Waals surface area contributed by atoms with E-state index in [1.54, 1.807) is 24.1 Å². The van der Waals surface area contributed by atoms with Gasteiger partial charge in [-0.1, -0.05) is 60.7 Å². The summed E-state index contributed by atoms with van der Waals surface area (Å²) in [4.78, 5) is 15.0. The average Bonchev–Trinajstić information content (AvgIpc) is 2.79. The van der Waals surface area contributed by atoms with Crippen molar-refractivity contribution < 1.29 is 13.2 Å². The molecule has 0 unspecified atom stereocenters. The number of rotatable bonds is 5. The van der Waals surface area contributed by atoms with Gasteiger partial charge in [0.15, 0.2) is 0 Å². The zero-order valence-corrected chi connectivity index (χ0v) is 17.9. The van der Waals surface area contributed by atoms with Crippen LogP contribution in [0.4, 0.5) is 0 Å². The van der Waals surface area contributed by atoms with Crippen LogP contribution < -0.4 is 0 Å². The molecule has 0 spiro atoms. The number of sulfonamides is 1. The van der Waals surface area contributed by atoms with Crippen LogP contribution in [0.1, 0.15) is 18.4 Å². The second-order valence-corrected chi connectivity index (χ2v) is 9.83. The number of carbonyl (C=O) groups is 1. The van der Waals surface area contributed by atoms with E-state index in [4.69, 9.17) is 0 Å². The highest BCUT2D eigenvalue weighted by Gasteiger charge is 2.34. The molecule has 0 saturated carbocycles. The number of benzene rings is 3. The third kappa shape index (κ3) is 4.25. The molecule has 30 heavy (non-hydrogen) atoms. The maximum absolute atomic E-state index is 13.3. The van der Waals surface area contributed by atoms with Gasteiger partial charge in [0.1, 0.15) is 0 Å². The molecule has 0 bridgehead atoms. The summed E-state index contributed by atoms with van der Waals surface area (Å²) in [6.07, 6.45) is 1.39. The van der Waals surface area contributed by atoms with Gasteiger partial charge in [0, 0.05) is 26.7 Å². The fourth-order valence-electron chi connectivity index (χ4n) is 4.09. The number of fused-ring (bicyclic) bond motifs is 1. The number of hydrogen-bond donors (Lipinski definition) is 0. The zero-order valence-electron chi connectivity index (χ0n) is 17.1. The molecule has 1 aliphatic heterocycles. The molecule has 1 heterocycles. The minimum absolute atomic E-state index is 0.00253. The lowest BCUT2D eigenvalue weighted by molar-refractivity contribution is -0.135. The van der Waals surface area contributed by atoms with Gasteiger partial charge in [-0.2, -0.15) is 4.31 Å². The van der Waals surface area contributed by atoms with E-state index >= 15 is 0 Å². The summed E-state index contributed by atoms with van der Waals surface area (Å²) in [6.45, 7) is 1.20. The maximum atomic E-state index is 13.3. The normalized spacial score (nSPS) is 17.7. The highest BCUT2D eigenvalue weighted by molar-refractivity contribution is 7.89. The average molecular weight is 423 g/mol. The molecule has 3 aromatic carbocycles. The molecule has 1 atom stereocenters. The van der Waals surface area contributed by atoms with Gasteiger partial charge in [-0.3, -0.25) is 4.79 Å². The molecular formula is C24H26N2O3S. The highest BCUT2D eigenvalue weighted by Crippen LogP contribution is 2.27. The summed E-state index contributed by atoms with van der Waals surface area (Å²) < 4.78 is 28.0. The van der Waals surface area contributed by atoms with Crippen molar-refractivity contribution in [3.8, 4) is 0 Å². The van der Waals surface area contributed by atoms with Crippen molar-refractivity contribution in [3.63, 3.8) is 0 Å². The number of hydrogen-bond acceptors (Lipinski definition) is 3. The summed E-state index contributed by atoms with van der Waals surface area (Å²) in [7, 11) is -1.86. The number of piperidine rings is 1. The van der Waals surface area contributed by atoms with Crippen molar-refractivity contribution in [2.45, 2.75) is 24.3 Å². The van der Waals surface area contributed by atoms with Crippen LogP contribution in [-0.4, -0.2) is 43.7 Å². The molecule has 1 saturated heterocycles. The third-order valence-electron chi connectivity index (χ3n) is 5.73. The lowest BCUT2D eigenvalue weighted by atomic mass is 9.98. The summed E-state index contributed by atoms with van der Waals surface area (Å²) >= 11 is 0. The summed E-state index contributed by atoms with van der Waals surface area (Å²) in [5, 5.41) is 1.90. The van der Waals surface area contributed by atoms with Crippen molar-refractivity contribution in [2.24, 2.45) is 5.92 Å². The van der Waals surface area contributed by atoms with E-state index in [1.165, 1.54) is 4.31 Å². The second-order valence-electron chi connectivity index (χ2n) is 7.89. The Hall–Kier alpha value is -2.70. The molecule has 0 N–H and O–H groups in total. The van der Waals surface area contributed by atoms with Gasteiger partial charge >= 0.3 is 0 Å². The van der Waals surface area contributed by atoms with Gasteiger partial charge in [0.2, 0.25) is 15.9 Å². The first-order chi connectivity index (χ1) is 14.4. The smallest absolute Gasteiger partial charge is 0.243 e. The van der Waals surface area contributed by atoms with Crippen LogP contribution >= 0.6 is 0 Å². The largest absolute Gasteiger partial charge is 0.341 e. The van der Waals surface area contributed by atoms with E-state index in [2.05, 4.69) is 0 Å². The van der Waals surface area contributed by atoms with Crippen LogP contribution in [0.3, 0.4) is 0 Å². The van der Waals surface area contributed by atoms with Crippen LogP contribution in [0.25, 0.3) is 10.8 Å². The molecule has 1 fully saturated rings. The Bertz CT molecular complexity index is 1150. The van der Waals surface area contributed by atoms with Crippen molar-refractivity contribution in [1.29, 1.82) is 0 Å². The van der Waals surface area contributed by atoms with Gasteiger partial charge in [0.05, 0.1) is 10.8 Å². The molecular weight excluding hydrogens is 396 g/mol. The molecule has 4 rings (SSSR count). The van der Waals surface area contributed by atoms with Crippen LogP contribution in [-0.2, 0) is 21.4 Å².